The van der Waals surface area contributed by atoms with Crippen molar-refractivity contribution in [3.63, 3.8) is 0 Å². The van der Waals surface area contributed by atoms with Crippen molar-refractivity contribution in [3.05, 3.63) is 23.8 Å². The first-order valence-corrected chi connectivity index (χ1v) is 7.66. The molecule has 2 aliphatic heterocycles. The van der Waals surface area contributed by atoms with Crippen LogP contribution in [-0.2, 0) is 9.53 Å². The van der Waals surface area contributed by atoms with Gasteiger partial charge in [-0.25, -0.2) is 0 Å². The van der Waals surface area contributed by atoms with Crippen LogP contribution in [0.25, 0.3) is 0 Å². The van der Waals surface area contributed by atoms with E-state index in [0.717, 1.165) is 12.8 Å². The molecule has 7 heteroatoms. The molecule has 124 valence electrons. The van der Waals surface area contributed by atoms with Crippen LogP contribution in [0.15, 0.2) is 18.2 Å². The van der Waals surface area contributed by atoms with Crippen molar-refractivity contribution in [3.8, 4) is 11.5 Å². The molecule has 2 aliphatic rings. The maximum absolute atomic E-state index is 12.7. The van der Waals surface area contributed by atoms with Gasteiger partial charge in [0.15, 0.2) is 11.5 Å². The fraction of sp³-hybridized carbons (Fsp3) is 0.500. The largest absolute Gasteiger partial charge is 0.481 e. The summed E-state index contributed by atoms with van der Waals surface area (Å²) in [5, 5.41) is 8.90. The average Bonchev–Trinajstić information content (AvgIpc) is 3.20. The Morgan fingerprint density at radius 3 is 2.83 bits per heavy atom. The Hall–Kier alpha value is -2.28. The highest BCUT2D eigenvalue weighted by Gasteiger charge is 2.25. The summed E-state index contributed by atoms with van der Waals surface area (Å²) in [5.41, 5.74) is 0.456. The number of ether oxygens (including phenoxy) is 3. The van der Waals surface area contributed by atoms with Crippen LogP contribution in [0.2, 0.25) is 0 Å². The monoisotopic (exact) mass is 321 g/mol. The first-order chi connectivity index (χ1) is 11.1. The van der Waals surface area contributed by atoms with Crippen LogP contribution in [0.1, 0.15) is 29.6 Å². The van der Waals surface area contributed by atoms with Gasteiger partial charge in [-0.15, -0.1) is 0 Å². The Balaban J connectivity index is 1.73. The molecule has 0 bridgehead atoms. The summed E-state index contributed by atoms with van der Waals surface area (Å²) in [6.45, 7) is 1.39. The predicted octanol–water partition coefficient (Wildman–Crippen LogP) is 1.51. The molecule has 23 heavy (non-hydrogen) atoms. The molecule has 0 spiro atoms. The Morgan fingerprint density at radius 1 is 1.26 bits per heavy atom. The van der Waals surface area contributed by atoms with Gasteiger partial charge in [0.1, 0.15) is 0 Å². The molecule has 3 rings (SSSR count). The molecule has 0 radical (unpaired) electrons. The summed E-state index contributed by atoms with van der Waals surface area (Å²) in [7, 11) is 0. The Bertz CT molecular complexity index is 596. The number of aliphatic carboxylic acids is 1. The van der Waals surface area contributed by atoms with Crippen LogP contribution in [0.3, 0.4) is 0 Å². The maximum atomic E-state index is 12.7. The first-order valence-electron chi connectivity index (χ1n) is 7.66. The van der Waals surface area contributed by atoms with Crippen molar-refractivity contribution in [2.75, 3.05) is 26.5 Å². The van der Waals surface area contributed by atoms with Crippen LogP contribution >= 0.6 is 0 Å². The summed E-state index contributed by atoms with van der Waals surface area (Å²) < 4.78 is 16.1. The minimum Gasteiger partial charge on any atom is -0.481 e. The SMILES string of the molecule is O=C(O)CCN(CC1CCCO1)C(=O)c1ccc2c(c1)OCO2. The molecule has 1 amide bonds. The topological polar surface area (TPSA) is 85.3 Å². The Morgan fingerprint density at radius 2 is 2.09 bits per heavy atom. The molecule has 1 atom stereocenters. The van der Waals surface area contributed by atoms with Crippen molar-refractivity contribution in [1.82, 2.24) is 4.90 Å². The van der Waals surface area contributed by atoms with E-state index in [1.165, 1.54) is 0 Å². The van der Waals surface area contributed by atoms with Crippen molar-refractivity contribution in [1.29, 1.82) is 0 Å². The van der Waals surface area contributed by atoms with Crippen molar-refractivity contribution < 1.29 is 28.9 Å². The molecule has 1 aromatic rings. The number of amides is 1. The van der Waals surface area contributed by atoms with Crippen molar-refractivity contribution in [2.45, 2.75) is 25.4 Å². The Labute approximate surface area is 133 Å². The summed E-state index contributed by atoms with van der Waals surface area (Å²) in [6, 6.07) is 4.99. The van der Waals surface area contributed by atoms with E-state index in [1.54, 1.807) is 23.1 Å². The second kappa shape index (κ2) is 6.87. The van der Waals surface area contributed by atoms with Gasteiger partial charge in [0.2, 0.25) is 6.79 Å². The van der Waals surface area contributed by atoms with Crippen LogP contribution in [0, 0.1) is 0 Å². The van der Waals surface area contributed by atoms with E-state index >= 15 is 0 Å². The van der Waals surface area contributed by atoms with Crippen molar-refractivity contribution in [2.24, 2.45) is 0 Å². The molecule has 1 saturated heterocycles. The maximum Gasteiger partial charge on any atom is 0.305 e. The van der Waals surface area contributed by atoms with Crippen LogP contribution in [0.5, 0.6) is 11.5 Å². The molecule has 7 nitrogen and oxygen atoms in total. The van der Waals surface area contributed by atoms with Gasteiger partial charge in [0.05, 0.1) is 12.5 Å². The highest BCUT2D eigenvalue weighted by atomic mass is 16.7. The molecule has 0 saturated carbocycles. The van der Waals surface area contributed by atoms with Gasteiger partial charge >= 0.3 is 5.97 Å². The van der Waals surface area contributed by atoms with E-state index in [0.29, 0.717) is 30.2 Å². The number of benzene rings is 1. The van der Waals surface area contributed by atoms with Gasteiger partial charge in [0, 0.05) is 25.3 Å². The number of carbonyl (C=O) groups excluding carboxylic acids is 1. The minimum absolute atomic E-state index is 0.0262. The highest BCUT2D eigenvalue weighted by Crippen LogP contribution is 2.32. The normalized spacial score (nSPS) is 18.9. The standard InChI is InChI=1S/C16H19NO6/c18-15(19)5-6-17(9-12-2-1-7-21-12)16(20)11-3-4-13-14(8-11)23-10-22-13/h3-4,8,12H,1-2,5-7,9-10H2,(H,18,19). The smallest absolute Gasteiger partial charge is 0.305 e. The summed E-state index contributed by atoms with van der Waals surface area (Å²) in [4.78, 5) is 25.1. The zero-order chi connectivity index (χ0) is 16.2. The van der Waals surface area contributed by atoms with Crippen LogP contribution in [-0.4, -0.2) is 54.5 Å². The van der Waals surface area contributed by atoms with E-state index in [4.69, 9.17) is 19.3 Å². The number of rotatable bonds is 6. The zero-order valence-corrected chi connectivity index (χ0v) is 12.7. The third-order valence-electron chi connectivity index (χ3n) is 3.95. The number of carbonyl (C=O) groups is 2. The van der Waals surface area contributed by atoms with Gasteiger partial charge in [-0.2, -0.15) is 0 Å². The Kier molecular flexibility index (Phi) is 4.66. The average molecular weight is 321 g/mol. The summed E-state index contributed by atoms with van der Waals surface area (Å²) in [5.74, 6) is -0.00945. The third-order valence-corrected chi connectivity index (χ3v) is 3.95. The highest BCUT2D eigenvalue weighted by molar-refractivity contribution is 5.95. The van der Waals surface area contributed by atoms with Gasteiger partial charge in [-0.3, -0.25) is 9.59 Å². The summed E-state index contributed by atoms with van der Waals surface area (Å²) in [6.07, 6.45) is 1.73. The minimum atomic E-state index is -0.930. The lowest BCUT2D eigenvalue weighted by molar-refractivity contribution is -0.137. The molecule has 1 fully saturated rings. The second-order valence-corrected chi connectivity index (χ2v) is 5.60. The van der Waals surface area contributed by atoms with Crippen LogP contribution < -0.4 is 9.47 Å². The number of carboxylic acid groups (broad SMARTS) is 1. The molecule has 1 unspecified atom stereocenters. The van der Waals surface area contributed by atoms with Gasteiger partial charge in [0.25, 0.3) is 5.91 Å². The molecule has 0 aliphatic carbocycles. The van der Waals surface area contributed by atoms with Gasteiger partial charge in [-0.1, -0.05) is 0 Å². The fourth-order valence-electron chi connectivity index (χ4n) is 2.75. The number of carboxylic acids is 1. The van der Waals surface area contributed by atoms with Gasteiger partial charge < -0.3 is 24.2 Å². The molecular weight excluding hydrogens is 302 g/mol. The number of fused-ring (bicyclic) bond motifs is 1. The fourth-order valence-corrected chi connectivity index (χ4v) is 2.75. The zero-order valence-electron chi connectivity index (χ0n) is 12.7. The number of nitrogens with zero attached hydrogens (tertiary/aromatic N) is 1. The lowest BCUT2D eigenvalue weighted by Crippen LogP contribution is -2.38. The second-order valence-electron chi connectivity index (χ2n) is 5.60. The molecule has 0 aromatic heterocycles. The van der Waals surface area contributed by atoms with Gasteiger partial charge in [-0.05, 0) is 31.0 Å². The lowest BCUT2D eigenvalue weighted by atomic mass is 10.1. The van der Waals surface area contributed by atoms with E-state index in [-0.39, 0.29) is 31.8 Å². The summed E-state index contributed by atoms with van der Waals surface area (Å²) >= 11 is 0. The number of hydrogen-bond donors (Lipinski definition) is 1. The van der Waals surface area contributed by atoms with E-state index in [9.17, 15) is 9.59 Å². The lowest BCUT2D eigenvalue weighted by Gasteiger charge is -2.25. The number of hydrogen-bond acceptors (Lipinski definition) is 5. The van der Waals surface area contributed by atoms with E-state index in [1.807, 2.05) is 0 Å². The molecule has 1 aromatic carbocycles. The third kappa shape index (κ3) is 3.73. The van der Waals surface area contributed by atoms with Crippen LogP contribution in [0.4, 0.5) is 0 Å². The molecule has 1 N–H and O–H groups in total. The molecular formula is C16H19NO6. The van der Waals surface area contributed by atoms with E-state index in [2.05, 4.69) is 0 Å². The quantitative estimate of drug-likeness (QED) is 0.855. The van der Waals surface area contributed by atoms with E-state index < -0.39 is 5.97 Å². The first kappa shape index (κ1) is 15.6. The van der Waals surface area contributed by atoms with Crippen molar-refractivity contribution >= 4 is 11.9 Å². The predicted molar refractivity (Wildman–Crippen MR) is 79.7 cm³/mol. The molecule has 2 heterocycles.